The van der Waals surface area contributed by atoms with E-state index in [1.54, 1.807) is 49.6 Å². The largest absolute Gasteiger partial charge is 0.496 e. The van der Waals surface area contributed by atoms with Crippen LogP contribution in [0.4, 0.5) is 0 Å². The molecule has 0 fully saturated rings. The summed E-state index contributed by atoms with van der Waals surface area (Å²) in [5.74, 6) is 1.47. The number of esters is 1. The number of hydrogen-bond acceptors (Lipinski definition) is 6. The van der Waals surface area contributed by atoms with E-state index in [1.807, 2.05) is 60.7 Å². The van der Waals surface area contributed by atoms with E-state index in [4.69, 9.17) is 18.9 Å². The summed E-state index contributed by atoms with van der Waals surface area (Å²) < 4.78 is 23.3. The molecule has 4 aromatic carbocycles. The predicted molar refractivity (Wildman–Crippen MR) is 192 cm³/mol. The van der Waals surface area contributed by atoms with Crippen molar-refractivity contribution in [3.8, 4) is 23.0 Å². The van der Waals surface area contributed by atoms with Crippen molar-refractivity contribution in [1.82, 2.24) is 0 Å². The average Bonchev–Trinajstić information content (AvgIpc) is 3.12. The zero-order chi connectivity index (χ0) is 33.8. The first-order chi connectivity index (χ1) is 23.6. The standard InChI is InChI=1S/C42H48O6/c1-3-4-5-6-7-8-9-10-17-22-42(44)48-37-25-23-35(40(30-37)45-2)24-28-39(43)38-27-26-36(46-31-33-18-13-11-14-19-33)29-41(38)47-32-34-20-15-12-16-21-34/h11-16,18-21,23-30H,3-10,17,22,31-32H2,1-2H3. The van der Waals surface area contributed by atoms with E-state index in [2.05, 4.69) is 6.92 Å². The summed E-state index contributed by atoms with van der Waals surface area (Å²) >= 11 is 0. The fourth-order valence-electron chi connectivity index (χ4n) is 5.30. The number of ether oxygens (including phenoxy) is 4. The molecule has 6 nitrogen and oxygen atoms in total. The molecule has 0 unspecified atom stereocenters. The molecule has 0 radical (unpaired) electrons. The minimum absolute atomic E-state index is 0.230. The van der Waals surface area contributed by atoms with Gasteiger partial charge in [-0.15, -0.1) is 0 Å². The van der Waals surface area contributed by atoms with Gasteiger partial charge in [-0.1, -0.05) is 119 Å². The highest BCUT2D eigenvalue weighted by atomic mass is 16.5. The van der Waals surface area contributed by atoms with Gasteiger partial charge in [-0.25, -0.2) is 0 Å². The molecule has 0 atom stereocenters. The number of rotatable bonds is 21. The van der Waals surface area contributed by atoms with Gasteiger partial charge in [0, 0.05) is 24.1 Å². The van der Waals surface area contributed by atoms with Crippen LogP contribution in [0.5, 0.6) is 23.0 Å². The van der Waals surface area contributed by atoms with E-state index in [0.717, 1.165) is 30.4 Å². The van der Waals surface area contributed by atoms with Crippen LogP contribution in [0.25, 0.3) is 6.08 Å². The van der Waals surface area contributed by atoms with E-state index in [-0.39, 0.29) is 11.8 Å². The smallest absolute Gasteiger partial charge is 0.311 e. The number of carbonyl (C=O) groups excluding carboxylic acids is 2. The van der Waals surface area contributed by atoms with Crippen LogP contribution in [0.2, 0.25) is 0 Å². The minimum Gasteiger partial charge on any atom is -0.496 e. The van der Waals surface area contributed by atoms with Crippen LogP contribution in [0.1, 0.15) is 98.2 Å². The van der Waals surface area contributed by atoms with Crippen LogP contribution in [-0.2, 0) is 18.0 Å². The summed E-state index contributed by atoms with van der Waals surface area (Å²) in [4.78, 5) is 25.9. The van der Waals surface area contributed by atoms with Crippen LogP contribution in [0.15, 0.2) is 103 Å². The molecule has 0 saturated heterocycles. The van der Waals surface area contributed by atoms with E-state index < -0.39 is 0 Å². The van der Waals surface area contributed by atoms with Crippen molar-refractivity contribution >= 4 is 17.8 Å². The molecular formula is C42H48O6. The van der Waals surface area contributed by atoms with E-state index in [0.29, 0.717) is 53.8 Å². The Hall–Kier alpha value is -4.84. The van der Waals surface area contributed by atoms with E-state index in [9.17, 15) is 9.59 Å². The van der Waals surface area contributed by atoms with Crippen LogP contribution in [0.3, 0.4) is 0 Å². The highest BCUT2D eigenvalue weighted by molar-refractivity contribution is 6.08. The molecule has 252 valence electrons. The lowest BCUT2D eigenvalue weighted by molar-refractivity contribution is -0.134. The topological polar surface area (TPSA) is 71.1 Å². The molecule has 0 saturated carbocycles. The molecule has 0 bridgehead atoms. The third-order valence-corrected chi connectivity index (χ3v) is 8.04. The molecule has 0 spiro atoms. The van der Waals surface area contributed by atoms with Gasteiger partial charge in [-0.2, -0.15) is 0 Å². The summed E-state index contributed by atoms with van der Waals surface area (Å²) in [6, 6.07) is 30.1. The Balaban J connectivity index is 1.35. The fraction of sp³-hybridized carbons (Fsp3) is 0.333. The van der Waals surface area contributed by atoms with Gasteiger partial charge in [0.15, 0.2) is 5.78 Å². The first-order valence-corrected chi connectivity index (χ1v) is 17.1. The number of benzene rings is 4. The number of methoxy groups -OCH3 is 1. The highest BCUT2D eigenvalue weighted by Gasteiger charge is 2.14. The summed E-state index contributed by atoms with van der Waals surface area (Å²) in [5.41, 5.74) is 3.12. The molecule has 0 amide bonds. The maximum atomic E-state index is 13.5. The monoisotopic (exact) mass is 648 g/mol. The Kier molecular flexibility index (Phi) is 15.3. The van der Waals surface area contributed by atoms with Crippen LogP contribution < -0.4 is 18.9 Å². The minimum atomic E-state index is -0.252. The van der Waals surface area contributed by atoms with Crippen molar-refractivity contribution in [2.45, 2.75) is 84.3 Å². The van der Waals surface area contributed by atoms with Crippen LogP contribution >= 0.6 is 0 Å². The summed E-state index contributed by atoms with van der Waals surface area (Å²) in [7, 11) is 1.55. The first-order valence-electron chi connectivity index (χ1n) is 17.1. The molecule has 4 rings (SSSR count). The summed E-state index contributed by atoms with van der Waals surface area (Å²) in [5, 5.41) is 0. The molecule has 4 aromatic rings. The van der Waals surface area contributed by atoms with Gasteiger partial charge < -0.3 is 18.9 Å². The lowest BCUT2D eigenvalue weighted by atomic mass is 10.1. The van der Waals surface area contributed by atoms with E-state index >= 15 is 0 Å². The van der Waals surface area contributed by atoms with Gasteiger partial charge >= 0.3 is 5.97 Å². The Morgan fingerprint density at radius 2 is 1.21 bits per heavy atom. The molecule has 0 aliphatic heterocycles. The Morgan fingerprint density at radius 1 is 0.625 bits per heavy atom. The number of ketones is 1. The molecule has 48 heavy (non-hydrogen) atoms. The maximum Gasteiger partial charge on any atom is 0.311 e. The van der Waals surface area contributed by atoms with Crippen molar-refractivity contribution in [2.75, 3.05) is 7.11 Å². The van der Waals surface area contributed by atoms with Crippen molar-refractivity contribution in [2.24, 2.45) is 0 Å². The molecule has 6 heteroatoms. The average molecular weight is 649 g/mol. The Morgan fingerprint density at radius 3 is 1.85 bits per heavy atom. The lowest BCUT2D eigenvalue weighted by Gasteiger charge is -2.13. The summed E-state index contributed by atoms with van der Waals surface area (Å²) in [6.45, 7) is 2.94. The molecular weight excluding hydrogens is 600 g/mol. The quantitative estimate of drug-likeness (QED) is 0.0294. The second-order valence-corrected chi connectivity index (χ2v) is 11.9. The van der Waals surface area contributed by atoms with Crippen molar-refractivity contribution in [3.05, 3.63) is 125 Å². The van der Waals surface area contributed by atoms with Gasteiger partial charge in [0.05, 0.1) is 12.7 Å². The fourth-order valence-corrected chi connectivity index (χ4v) is 5.30. The molecule has 0 heterocycles. The second-order valence-electron chi connectivity index (χ2n) is 11.9. The first kappa shape index (κ1) is 36.0. The third kappa shape index (κ3) is 12.4. The number of unbranched alkanes of at least 4 members (excludes halogenated alkanes) is 8. The van der Waals surface area contributed by atoms with Crippen LogP contribution in [-0.4, -0.2) is 18.9 Å². The van der Waals surface area contributed by atoms with Gasteiger partial charge in [0.1, 0.15) is 36.2 Å². The highest BCUT2D eigenvalue weighted by Crippen LogP contribution is 2.29. The molecule has 0 aliphatic carbocycles. The van der Waals surface area contributed by atoms with Gasteiger partial charge in [-0.3, -0.25) is 9.59 Å². The third-order valence-electron chi connectivity index (χ3n) is 8.04. The molecule has 0 aromatic heterocycles. The number of carbonyl (C=O) groups is 2. The molecule has 0 aliphatic rings. The zero-order valence-electron chi connectivity index (χ0n) is 28.3. The Labute approximate surface area is 285 Å². The number of hydrogen-bond donors (Lipinski definition) is 0. The van der Waals surface area contributed by atoms with Crippen molar-refractivity contribution in [3.63, 3.8) is 0 Å². The molecule has 0 N–H and O–H groups in total. The van der Waals surface area contributed by atoms with Gasteiger partial charge in [0.25, 0.3) is 0 Å². The number of allylic oxidation sites excluding steroid dienone is 1. The second kappa shape index (κ2) is 20.4. The van der Waals surface area contributed by atoms with Crippen molar-refractivity contribution < 1.29 is 28.5 Å². The Bertz CT molecular complexity index is 1580. The predicted octanol–water partition coefficient (Wildman–Crippen LogP) is 10.6. The van der Waals surface area contributed by atoms with Gasteiger partial charge in [-0.05, 0) is 54.0 Å². The normalized spacial score (nSPS) is 11.0. The van der Waals surface area contributed by atoms with Crippen LogP contribution in [0, 0.1) is 0 Å². The van der Waals surface area contributed by atoms with Gasteiger partial charge in [0.2, 0.25) is 0 Å². The maximum absolute atomic E-state index is 13.5. The zero-order valence-corrected chi connectivity index (χ0v) is 28.3. The van der Waals surface area contributed by atoms with Crippen molar-refractivity contribution in [1.29, 1.82) is 0 Å². The SMILES string of the molecule is CCCCCCCCCCCC(=O)Oc1ccc(C=CC(=O)c2ccc(OCc3ccccc3)cc2OCc2ccccc2)c(OC)c1. The van der Waals surface area contributed by atoms with E-state index in [1.165, 1.54) is 44.6 Å². The summed E-state index contributed by atoms with van der Waals surface area (Å²) in [6.07, 6.45) is 14.3. The lowest BCUT2D eigenvalue weighted by Crippen LogP contribution is -2.07.